The van der Waals surface area contributed by atoms with E-state index in [9.17, 15) is 18.0 Å². The van der Waals surface area contributed by atoms with E-state index in [0.29, 0.717) is 23.5 Å². The van der Waals surface area contributed by atoms with E-state index in [2.05, 4.69) is 10.6 Å². The van der Waals surface area contributed by atoms with Gasteiger partial charge in [-0.05, 0) is 61.7 Å². The second-order valence-corrected chi connectivity index (χ2v) is 10.2. The Morgan fingerprint density at radius 2 is 1.60 bits per heavy atom. The van der Waals surface area contributed by atoms with E-state index in [4.69, 9.17) is 0 Å². The quantitative estimate of drug-likeness (QED) is 0.401. The zero-order chi connectivity index (χ0) is 25.4. The van der Waals surface area contributed by atoms with Crippen molar-refractivity contribution in [1.29, 1.82) is 0 Å². The average molecular weight is 494 g/mol. The zero-order valence-corrected chi connectivity index (χ0v) is 21.1. The van der Waals surface area contributed by atoms with Gasteiger partial charge in [-0.15, -0.1) is 0 Å². The minimum atomic E-state index is -4.03. The molecule has 0 aliphatic rings. The molecular formula is C27H31N3O4S. The molecule has 0 aromatic heterocycles. The fourth-order valence-electron chi connectivity index (χ4n) is 3.59. The Morgan fingerprint density at radius 3 is 2.31 bits per heavy atom. The van der Waals surface area contributed by atoms with Crippen LogP contribution in [0, 0.1) is 13.8 Å². The van der Waals surface area contributed by atoms with E-state index >= 15 is 0 Å². The van der Waals surface area contributed by atoms with Crippen molar-refractivity contribution in [2.45, 2.75) is 38.5 Å². The fourth-order valence-corrected chi connectivity index (χ4v) is 5.09. The van der Waals surface area contributed by atoms with Crippen LogP contribution in [0.25, 0.3) is 0 Å². The van der Waals surface area contributed by atoms with E-state index in [-0.39, 0.29) is 10.8 Å². The van der Waals surface area contributed by atoms with Crippen molar-refractivity contribution in [3.05, 3.63) is 89.5 Å². The van der Waals surface area contributed by atoms with Crippen LogP contribution in [0.3, 0.4) is 0 Å². The van der Waals surface area contributed by atoms with Gasteiger partial charge < -0.3 is 10.6 Å². The number of nitrogens with one attached hydrogen (secondary N) is 2. The number of hydrogen-bond donors (Lipinski definition) is 2. The first-order chi connectivity index (χ1) is 16.7. The van der Waals surface area contributed by atoms with Gasteiger partial charge in [-0.2, -0.15) is 0 Å². The SMILES string of the molecule is CCCCNC(=O)c1ccccc1NC(=O)CN(c1cc(C)ccc1C)S(=O)(=O)c1ccccc1. The average Bonchev–Trinajstić information content (AvgIpc) is 2.85. The first-order valence-electron chi connectivity index (χ1n) is 11.6. The van der Waals surface area contributed by atoms with Gasteiger partial charge in [0.1, 0.15) is 6.54 Å². The van der Waals surface area contributed by atoms with Gasteiger partial charge in [-0.1, -0.05) is 55.8 Å². The zero-order valence-electron chi connectivity index (χ0n) is 20.2. The topological polar surface area (TPSA) is 95.6 Å². The molecule has 2 N–H and O–H groups in total. The third-order valence-electron chi connectivity index (χ3n) is 5.51. The molecule has 0 unspecified atom stereocenters. The van der Waals surface area contributed by atoms with Gasteiger partial charge in [-0.3, -0.25) is 13.9 Å². The number of carbonyl (C=O) groups is 2. The van der Waals surface area contributed by atoms with Crippen LogP contribution in [0.1, 0.15) is 41.3 Å². The number of aryl methyl sites for hydroxylation is 2. The molecule has 35 heavy (non-hydrogen) atoms. The maximum Gasteiger partial charge on any atom is 0.264 e. The third kappa shape index (κ3) is 6.48. The molecular weight excluding hydrogens is 462 g/mol. The molecule has 0 atom stereocenters. The highest BCUT2D eigenvalue weighted by Gasteiger charge is 2.28. The number of benzene rings is 3. The van der Waals surface area contributed by atoms with E-state index in [1.54, 1.807) is 55.5 Å². The summed E-state index contributed by atoms with van der Waals surface area (Å²) in [7, 11) is -4.03. The molecule has 0 saturated heterocycles. The molecule has 0 fully saturated rings. The van der Waals surface area contributed by atoms with Crippen LogP contribution in [0.4, 0.5) is 11.4 Å². The number of unbranched alkanes of at least 4 members (excludes halogenated alkanes) is 1. The van der Waals surface area contributed by atoms with E-state index in [0.717, 1.165) is 28.3 Å². The van der Waals surface area contributed by atoms with Crippen LogP contribution in [0.15, 0.2) is 77.7 Å². The normalized spacial score (nSPS) is 11.1. The maximum absolute atomic E-state index is 13.6. The summed E-state index contributed by atoms with van der Waals surface area (Å²) in [5.41, 5.74) is 2.66. The molecule has 0 aliphatic carbocycles. The molecule has 2 amide bonds. The highest BCUT2D eigenvalue weighted by atomic mass is 32.2. The van der Waals surface area contributed by atoms with Gasteiger partial charge in [0, 0.05) is 6.54 Å². The lowest BCUT2D eigenvalue weighted by Crippen LogP contribution is -2.39. The van der Waals surface area contributed by atoms with Crippen molar-refractivity contribution in [1.82, 2.24) is 5.32 Å². The number of rotatable bonds is 10. The Hall–Kier alpha value is -3.65. The second kappa shape index (κ2) is 11.7. The summed E-state index contributed by atoms with van der Waals surface area (Å²) in [5, 5.41) is 5.58. The molecule has 0 saturated carbocycles. The Balaban J connectivity index is 1.92. The number of hydrogen-bond acceptors (Lipinski definition) is 4. The van der Waals surface area contributed by atoms with Crippen LogP contribution < -0.4 is 14.9 Å². The van der Waals surface area contributed by atoms with Crippen LogP contribution in [-0.4, -0.2) is 33.3 Å². The van der Waals surface area contributed by atoms with Gasteiger partial charge in [0.15, 0.2) is 0 Å². The lowest BCUT2D eigenvalue weighted by atomic mass is 10.1. The summed E-state index contributed by atoms with van der Waals surface area (Å²) >= 11 is 0. The summed E-state index contributed by atoms with van der Waals surface area (Å²) in [6, 6.07) is 20.2. The summed E-state index contributed by atoms with van der Waals surface area (Å²) in [6.07, 6.45) is 1.80. The second-order valence-electron chi connectivity index (χ2n) is 8.32. The molecule has 184 valence electrons. The number of nitrogens with zero attached hydrogens (tertiary/aromatic N) is 1. The Labute approximate surface area is 207 Å². The van der Waals surface area contributed by atoms with Crippen molar-refractivity contribution < 1.29 is 18.0 Å². The number of anilines is 2. The Kier molecular flexibility index (Phi) is 8.65. The van der Waals surface area contributed by atoms with Crippen LogP contribution in [0.5, 0.6) is 0 Å². The molecule has 0 heterocycles. The van der Waals surface area contributed by atoms with Gasteiger partial charge >= 0.3 is 0 Å². The number of sulfonamides is 1. The predicted molar refractivity (Wildman–Crippen MR) is 139 cm³/mol. The lowest BCUT2D eigenvalue weighted by molar-refractivity contribution is -0.114. The predicted octanol–water partition coefficient (Wildman–Crippen LogP) is 4.67. The van der Waals surface area contributed by atoms with Crippen molar-refractivity contribution in [3.8, 4) is 0 Å². The highest BCUT2D eigenvalue weighted by molar-refractivity contribution is 7.92. The molecule has 3 aromatic carbocycles. The van der Waals surface area contributed by atoms with E-state index in [1.165, 1.54) is 12.1 Å². The molecule has 3 aromatic rings. The van der Waals surface area contributed by atoms with E-state index in [1.807, 2.05) is 26.0 Å². The van der Waals surface area contributed by atoms with Crippen LogP contribution in [-0.2, 0) is 14.8 Å². The monoisotopic (exact) mass is 493 g/mol. The molecule has 7 nitrogen and oxygen atoms in total. The van der Waals surface area contributed by atoms with Gasteiger partial charge in [0.2, 0.25) is 5.91 Å². The Bertz CT molecular complexity index is 1290. The van der Waals surface area contributed by atoms with Crippen molar-refractivity contribution in [2.24, 2.45) is 0 Å². The first-order valence-corrected chi connectivity index (χ1v) is 13.0. The smallest absolute Gasteiger partial charge is 0.264 e. The van der Waals surface area contributed by atoms with Crippen LogP contribution >= 0.6 is 0 Å². The molecule has 0 bridgehead atoms. The molecule has 0 radical (unpaired) electrons. The minimum absolute atomic E-state index is 0.0874. The number of carbonyl (C=O) groups excluding carboxylic acids is 2. The maximum atomic E-state index is 13.6. The van der Waals surface area contributed by atoms with Crippen LogP contribution in [0.2, 0.25) is 0 Å². The minimum Gasteiger partial charge on any atom is -0.352 e. The number of amides is 2. The molecule has 0 spiro atoms. The van der Waals surface area contributed by atoms with Gasteiger partial charge in [0.25, 0.3) is 15.9 Å². The highest BCUT2D eigenvalue weighted by Crippen LogP contribution is 2.28. The summed E-state index contributed by atoms with van der Waals surface area (Å²) in [4.78, 5) is 25.9. The van der Waals surface area contributed by atoms with Crippen molar-refractivity contribution in [3.63, 3.8) is 0 Å². The van der Waals surface area contributed by atoms with Crippen molar-refractivity contribution >= 4 is 33.2 Å². The molecule has 3 rings (SSSR count). The van der Waals surface area contributed by atoms with Gasteiger partial charge in [-0.25, -0.2) is 8.42 Å². The number of para-hydroxylation sites is 1. The third-order valence-corrected chi connectivity index (χ3v) is 7.29. The summed E-state index contributed by atoms with van der Waals surface area (Å²) in [5.74, 6) is -0.850. The Morgan fingerprint density at radius 1 is 0.914 bits per heavy atom. The lowest BCUT2D eigenvalue weighted by Gasteiger charge is -2.26. The fraction of sp³-hybridized carbons (Fsp3) is 0.259. The standard InChI is InChI=1S/C27H31N3O4S/c1-4-5-17-28-27(32)23-13-9-10-14-24(23)29-26(31)19-30(25-18-20(2)15-16-21(25)3)35(33,34)22-11-7-6-8-12-22/h6-16,18H,4-5,17,19H2,1-3H3,(H,28,32)(H,29,31). The van der Waals surface area contributed by atoms with Crippen molar-refractivity contribution in [2.75, 3.05) is 22.7 Å². The molecule has 0 aliphatic heterocycles. The summed E-state index contributed by atoms with van der Waals surface area (Å²) < 4.78 is 28.3. The van der Waals surface area contributed by atoms with Gasteiger partial charge in [0.05, 0.1) is 21.8 Å². The largest absolute Gasteiger partial charge is 0.352 e. The summed E-state index contributed by atoms with van der Waals surface area (Å²) in [6.45, 7) is 5.78. The first kappa shape index (κ1) is 26.0. The molecule has 8 heteroatoms. The van der Waals surface area contributed by atoms with E-state index < -0.39 is 22.5 Å².